The second kappa shape index (κ2) is 5.44. The third-order valence-corrected chi connectivity index (χ3v) is 3.28. The highest BCUT2D eigenvalue weighted by Crippen LogP contribution is 2.13. The largest absolute Gasteiger partial charge is 0.360 e. The van der Waals surface area contributed by atoms with Gasteiger partial charge in [0.1, 0.15) is 17.0 Å². The number of nitrogens with one attached hydrogen (secondary N) is 1. The summed E-state index contributed by atoms with van der Waals surface area (Å²) in [5.41, 5.74) is 0.221. The third kappa shape index (κ3) is 2.37. The van der Waals surface area contributed by atoms with Crippen LogP contribution in [0.15, 0.2) is 39.8 Å². The summed E-state index contributed by atoms with van der Waals surface area (Å²) in [5.74, 6) is 0.325. The molecular weight excluding hydrogens is 284 g/mol. The molecule has 0 unspecified atom stereocenters. The first-order valence-corrected chi connectivity index (χ1v) is 6.83. The fourth-order valence-electron chi connectivity index (χ4n) is 2.27. The van der Waals surface area contributed by atoms with Gasteiger partial charge in [0.05, 0.1) is 0 Å². The molecule has 0 saturated heterocycles. The number of aryl methyl sites for hydroxylation is 2. The van der Waals surface area contributed by atoms with Crippen molar-refractivity contribution in [2.45, 2.75) is 20.4 Å². The van der Waals surface area contributed by atoms with Gasteiger partial charge in [0.2, 0.25) is 0 Å². The molecular formula is C15H14N4O3. The minimum atomic E-state index is -0.522. The summed E-state index contributed by atoms with van der Waals surface area (Å²) in [5, 5.41) is 6.97. The van der Waals surface area contributed by atoms with E-state index in [1.165, 1.54) is 4.57 Å². The van der Waals surface area contributed by atoms with Gasteiger partial charge in [-0.15, -0.1) is 0 Å². The van der Waals surface area contributed by atoms with Crippen LogP contribution in [0.1, 0.15) is 23.0 Å². The number of fused-ring (bicyclic) bond motifs is 1. The fourth-order valence-corrected chi connectivity index (χ4v) is 2.27. The quantitative estimate of drug-likeness (QED) is 0.798. The molecule has 0 bridgehead atoms. The molecule has 1 amide bonds. The van der Waals surface area contributed by atoms with Gasteiger partial charge >= 0.3 is 0 Å². The number of amides is 1. The number of anilines is 1. The number of carbonyl (C=O) groups excluding carboxylic acids is 1. The van der Waals surface area contributed by atoms with Crippen molar-refractivity contribution in [1.29, 1.82) is 0 Å². The van der Waals surface area contributed by atoms with Gasteiger partial charge in [-0.05, 0) is 32.0 Å². The molecule has 0 aliphatic carbocycles. The minimum absolute atomic E-state index is 0.0444. The van der Waals surface area contributed by atoms with Crippen LogP contribution < -0.4 is 10.9 Å². The van der Waals surface area contributed by atoms with Gasteiger partial charge in [0.25, 0.3) is 11.5 Å². The van der Waals surface area contributed by atoms with Crippen LogP contribution in [0.25, 0.3) is 11.0 Å². The monoisotopic (exact) mass is 298 g/mol. The molecule has 0 radical (unpaired) electrons. The molecule has 22 heavy (non-hydrogen) atoms. The van der Waals surface area contributed by atoms with E-state index < -0.39 is 5.91 Å². The maximum Gasteiger partial charge on any atom is 0.265 e. The van der Waals surface area contributed by atoms with Crippen LogP contribution in [-0.2, 0) is 6.54 Å². The van der Waals surface area contributed by atoms with E-state index in [1.54, 1.807) is 31.3 Å². The molecule has 0 aliphatic rings. The van der Waals surface area contributed by atoms with Crippen molar-refractivity contribution in [3.63, 3.8) is 0 Å². The number of pyridine rings is 2. The number of carbonyl (C=O) groups is 1. The Morgan fingerprint density at radius 1 is 1.41 bits per heavy atom. The first-order valence-electron chi connectivity index (χ1n) is 6.83. The van der Waals surface area contributed by atoms with Crippen LogP contribution in [0.4, 0.5) is 5.82 Å². The molecule has 3 heterocycles. The summed E-state index contributed by atoms with van der Waals surface area (Å²) in [6.07, 6.45) is 1.62. The van der Waals surface area contributed by atoms with Gasteiger partial charge in [-0.1, -0.05) is 5.16 Å². The van der Waals surface area contributed by atoms with Crippen molar-refractivity contribution >= 4 is 22.8 Å². The molecule has 112 valence electrons. The molecule has 7 nitrogen and oxygen atoms in total. The fraction of sp³-hybridized carbons (Fsp3) is 0.200. The highest BCUT2D eigenvalue weighted by atomic mass is 16.5. The lowest BCUT2D eigenvalue weighted by molar-refractivity contribution is 0.102. The van der Waals surface area contributed by atoms with Crippen molar-refractivity contribution < 1.29 is 9.32 Å². The second-order valence-electron chi connectivity index (χ2n) is 4.80. The third-order valence-electron chi connectivity index (χ3n) is 3.28. The van der Waals surface area contributed by atoms with E-state index >= 15 is 0 Å². The van der Waals surface area contributed by atoms with Crippen LogP contribution in [0.3, 0.4) is 0 Å². The molecule has 0 aliphatic heterocycles. The van der Waals surface area contributed by atoms with Gasteiger partial charge in [0, 0.05) is 24.2 Å². The standard InChI is InChI=1S/C15H14N4O3/c1-3-19-13-10(5-4-6-16-13)8-11(15(19)21)14(20)17-12-7-9(2)22-18-12/h4-8H,3H2,1-2H3,(H,17,18,20). The Kier molecular flexibility index (Phi) is 3.46. The summed E-state index contributed by atoms with van der Waals surface area (Å²) >= 11 is 0. The average molecular weight is 298 g/mol. The van der Waals surface area contributed by atoms with Crippen molar-refractivity contribution in [3.8, 4) is 0 Å². The lowest BCUT2D eigenvalue weighted by Gasteiger charge is -2.09. The van der Waals surface area contributed by atoms with Crippen LogP contribution in [0.5, 0.6) is 0 Å². The van der Waals surface area contributed by atoms with Crippen molar-refractivity contribution in [1.82, 2.24) is 14.7 Å². The molecule has 7 heteroatoms. The molecule has 0 aromatic carbocycles. The van der Waals surface area contributed by atoms with Gasteiger partial charge in [-0.3, -0.25) is 14.2 Å². The smallest absolute Gasteiger partial charge is 0.265 e. The first kappa shape index (κ1) is 14.0. The van der Waals surface area contributed by atoms with E-state index in [1.807, 2.05) is 13.0 Å². The number of aromatic nitrogens is 3. The van der Waals surface area contributed by atoms with E-state index in [4.69, 9.17) is 4.52 Å². The predicted molar refractivity (Wildman–Crippen MR) is 80.9 cm³/mol. The van der Waals surface area contributed by atoms with E-state index in [2.05, 4.69) is 15.5 Å². The van der Waals surface area contributed by atoms with E-state index in [0.29, 0.717) is 18.0 Å². The average Bonchev–Trinajstić information content (AvgIpc) is 2.91. The predicted octanol–water partition coefficient (Wildman–Crippen LogP) is 1.97. The zero-order valence-electron chi connectivity index (χ0n) is 12.2. The highest BCUT2D eigenvalue weighted by Gasteiger charge is 2.16. The van der Waals surface area contributed by atoms with Crippen molar-refractivity contribution in [2.75, 3.05) is 5.32 Å². The molecule has 3 aromatic heterocycles. The van der Waals surface area contributed by atoms with Gasteiger partial charge in [-0.25, -0.2) is 4.98 Å². The topological polar surface area (TPSA) is 90.0 Å². The number of hydrogen-bond acceptors (Lipinski definition) is 5. The molecule has 0 atom stereocenters. The Balaban J connectivity index is 2.08. The van der Waals surface area contributed by atoms with Crippen LogP contribution in [-0.4, -0.2) is 20.6 Å². The van der Waals surface area contributed by atoms with Gasteiger partial charge in [-0.2, -0.15) is 0 Å². The lowest BCUT2D eigenvalue weighted by atomic mass is 10.2. The number of hydrogen-bond donors (Lipinski definition) is 1. The Labute approximate surface area is 125 Å². The minimum Gasteiger partial charge on any atom is -0.360 e. The van der Waals surface area contributed by atoms with E-state index in [-0.39, 0.29) is 16.9 Å². The molecule has 0 fully saturated rings. The second-order valence-corrected chi connectivity index (χ2v) is 4.80. The maximum atomic E-state index is 12.5. The van der Waals surface area contributed by atoms with Gasteiger partial charge < -0.3 is 9.84 Å². The summed E-state index contributed by atoms with van der Waals surface area (Å²) in [7, 11) is 0. The Hall–Kier alpha value is -2.96. The summed E-state index contributed by atoms with van der Waals surface area (Å²) < 4.78 is 6.36. The van der Waals surface area contributed by atoms with Crippen LogP contribution >= 0.6 is 0 Å². The van der Waals surface area contributed by atoms with E-state index in [0.717, 1.165) is 5.39 Å². The zero-order valence-corrected chi connectivity index (χ0v) is 12.2. The highest BCUT2D eigenvalue weighted by molar-refractivity contribution is 6.05. The molecule has 0 saturated carbocycles. The normalized spacial score (nSPS) is 10.8. The van der Waals surface area contributed by atoms with Crippen LogP contribution in [0.2, 0.25) is 0 Å². The number of rotatable bonds is 3. The SMILES string of the molecule is CCn1c(=O)c(C(=O)Nc2cc(C)on2)cc2cccnc21. The van der Waals surface area contributed by atoms with E-state index in [9.17, 15) is 9.59 Å². The first-order chi connectivity index (χ1) is 10.6. The molecule has 3 rings (SSSR count). The number of nitrogens with zero attached hydrogens (tertiary/aromatic N) is 3. The zero-order chi connectivity index (χ0) is 15.7. The summed E-state index contributed by atoms with van der Waals surface area (Å²) in [6, 6.07) is 6.69. The summed E-state index contributed by atoms with van der Waals surface area (Å²) in [4.78, 5) is 29.0. The van der Waals surface area contributed by atoms with Crippen molar-refractivity contribution in [3.05, 3.63) is 52.1 Å². The maximum absolute atomic E-state index is 12.5. The van der Waals surface area contributed by atoms with Gasteiger partial charge in [0.15, 0.2) is 5.82 Å². The van der Waals surface area contributed by atoms with Crippen LogP contribution in [0, 0.1) is 6.92 Å². The Bertz CT molecular complexity index is 911. The Morgan fingerprint density at radius 2 is 2.23 bits per heavy atom. The van der Waals surface area contributed by atoms with Crippen molar-refractivity contribution in [2.24, 2.45) is 0 Å². The molecule has 1 N–H and O–H groups in total. The Morgan fingerprint density at radius 3 is 2.91 bits per heavy atom. The lowest BCUT2D eigenvalue weighted by Crippen LogP contribution is -2.29. The molecule has 3 aromatic rings. The summed E-state index contributed by atoms with van der Waals surface area (Å²) in [6.45, 7) is 3.98. The molecule has 0 spiro atoms.